The SMILES string of the molecule is CN=C(NCCc1ccc(Cl)nc1)N1CCC(OCCCOC)CC1.I. The van der Waals surface area contributed by atoms with Crippen LogP contribution in [0.2, 0.25) is 5.15 Å². The number of pyridine rings is 1. The average molecular weight is 497 g/mol. The van der Waals surface area contributed by atoms with Gasteiger partial charge in [0.25, 0.3) is 0 Å². The van der Waals surface area contributed by atoms with E-state index in [2.05, 4.69) is 20.2 Å². The van der Waals surface area contributed by atoms with Gasteiger partial charge in [0, 0.05) is 53.2 Å². The predicted molar refractivity (Wildman–Crippen MR) is 117 cm³/mol. The van der Waals surface area contributed by atoms with Crippen molar-refractivity contribution in [3.05, 3.63) is 29.0 Å². The van der Waals surface area contributed by atoms with Gasteiger partial charge < -0.3 is 19.7 Å². The molecule has 0 spiro atoms. The fourth-order valence-corrected chi connectivity index (χ4v) is 3.00. The fraction of sp³-hybridized carbons (Fsp3) is 0.667. The molecule has 1 fully saturated rings. The number of aromatic nitrogens is 1. The Kier molecular flexibility index (Phi) is 12.2. The molecule has 1 aromatic rings. The van der Waals surface area contributed by atoms with Crippen molar-refractivity contribution >= 4 is 41.5 Å². The number of ether oxygens (including phenoxy) is 2. The zero-order valence-electron chi connectivity index (χ0n) is 15.6. The van der Waals surface area contributed by atoms with Crippen molar-refractivity contribution in [2.45, 2.75) is 31.8 Å². The van der Waals surface area contributed by atoms with E-state index in [1.807, 2.05) is 25.4 Å². The Morgan fingerprint density at radius 1 is 1.35 bits per heavy atom. The van der Waals surface area contributed by atoms with Crippen molar-refractivity contribution in [3.63, 3.8) is 0 Å². The molecule has 0 aliphatic carbocycles. The topological polar surface area (TPSA) is 59.0 Å². The van der Waals surface area contributed by atoms with Gasteiger partial charge >= 0.3 is 0 Å². The van der Waals surface area contributed by atoms with Crippen LogP contribution in [-0.4, -0.2) is 69.0 Å². The minimum atomic E-state index is 0. The summed E-state index contributed by atoms with van der Waals surface area (Å²) in [6, 6.07) is 3.83. The molecule has 26 heavy (non-hydrogen) atoms. The third-order valence-electron chi connectivity index (χ3n) is 4.29. The van der Waals surface area contributed by atoms with Gasteiger partial charge in [0.15, 0.2) is 5.96 Å². The summed E-state index contributed by atoms with van der Waals surface area (Å²) < 4.78 is 11.0. The number of halogens is 2. The van der Waals surface area contributed by atoms with E-state index in [0.717, 1.165) is 70.1 Å². The molecular weight excluding hydrogens is 467 g/mol. The second kappa shape index (κ2) is 13.5. The summed E-state index contributed by atoms with van der Waals surface area (Å²) in [5, 5.41) is 3.96. The molecule has 0 unspecified atom stereocenters. The standard InChI is InChI=1S/C18H29ClN4O2.HI/c1-20-18(21-9-6-15-4-5-17(19)22-14-15)23-10-7-16(8-11-23)25-13-3-12-24-2;/h4-5,14,16H,3,6-13H2,1-2H3,(H,20,21);1H. The lowest BCUT2D eigenvalue weighted by molar-refractivity contribution is 0.00992. The van der Waals surface area contributed by atoms with Crippen molar-refractivity contribution < 1.29 is 9.47 Å². The minimum Gasteiger partial charge on any atom is -0.385 e. The number of nitrogens with one attached hydrogen (secondary N) is 1. The van der Waals surface area contributed by atoms with E-state index in [1.165, 1.54) is 0 Å². The second-order valence-electron chi connectivity index (χ2n) is 6.12. The van der Waals surface area contributed by atoms with E-state index in [9.17, 15) is 0 Å². The number of aliphatic imine (C=N–C) groups is 1. The van der Waals surface area contributed by atoms with E-state index in [-0.39, 0.29) is 24.0 Å². The maximum absolute atomic E-state index is 5.91. The zero-order chi connectivity index (χ0) is 17.9. The number of hydrogen-bond acceptors (Lipinski definition) is 4. The van der Waals surface area contributed by atoms with Crippen molar-refractivity contribution in [1.29, 1.82) is 0 Å². The van der Waals surface area contributed by atoms with Crippen molar-refractivity contribution in [1.82, 2.24) is 15.2 Å². The molecule has 1 aliphatic heterocycles. The van der Waals surface area contributed by atoms with Crippen LogP contribution in [-0.2, 0) is 15.9 Å². The highest BCUT2D eigenvalue weighted by Crippen LogP contribution is 2.14. The van der Waals surface area contributed by atoms with Crippen LogP contribution < -0.4 is 5.32 Å². The van der Waals surface area contributed by atoms with Gasteiger partial charge in [-0.1, -0.05) is 17.7 Å². The molecule has 148 valence electrons. The summed E-state index contributed by atoms with van der Waals surface area (Å²) >= 11 is 5.81. The molecule has 2 rings (SSSR count). The molecule has 8 heteroatoms. The van der Waals surface area contributed by atoms with Crippen LogP contribution >= 0.6 is 35.6 Å². The molecule has 0 saturated carbocycles. The zero-order valence-corrected chi connectivity index (χ0v) is 18.7. The van der Waals surface area contributed by atoms with Gasteiger partial charge in [-0.2, -0.15) is 0 Å². The molecule has 0 radical (unpaired) electrons. The largest absolute Gasteiger partial charge is 0.385 e. The molecule has 6 nitrogen and oxygen atoms in total. The first-order chi connectivity index (χ1) is 12.2. The van der Waals surface area contributed by atoms with Crippen LogP contribution in [0.25, 0.3) is 0 Å². The Labute approximate surface area is 178 Å². The molecular formula is C18H30ClIN4O2. The number of piperidine rings is 1. The van der Waals surface area contributed by atoms with E-state index >= 15 is 0 Å². The quantitative estimate of drug-likeness (QED) is 0.197. The van der Waals surface area contributed by atoms with Gasteiger partial charge in [-0.3, -0.25) is 4.99 Å². The van der Waals surface area contributed by atoms with Gasteiger partial charge in [0.2, 0.25) is 0 Å². The normalized spacial score (nSPS) is 15.7. The first-order valence-electron chi connectivity index (χ1n) is 8.89. The third kappa shape index (κ3) is 8.37. The maximum Gasteiger partial charge on any atom is 0.193 e. The summed E-state index contributed by atoms with van der Waals surface area (Å²) in [5.41, 5.74) is 1.16. The Balaban J connectivity index is 0.00000338. The Bertz CT molecular complexity index is 522. The summed E-state index contributed by atoms with van der Waals surface area (Å²) in [4.78, 5) is 10.8. The summed E-state index contributed by atoms with van der Waals surface area (Å²) in [6.45, 7) is 4.30. The number of hydrogen-bond donors (Lipinski definition) is 1. The highest BCUT2D eigenvalue weighted by Gasteiger charge is 2.21. The van der Waals surface area contributed by atoms with Crippen molar-refractivity contribution in [2.75, 3.05) is 47.0 Å². The Hall–Kier alpha value is -0.640. The van der Waals surface area contributed by atoms with E-state index in [1.54, 1.807) is 7.11 Å². The maximum atomic E-state index is 5.91. The summed E-state index contributed by atoms with van der Waals surface area (Å²) in [5.74, 6) is 0.958. The predicted octanol–water partition coefficient (Wildman–Crippen LogP) is 2.99. The van der Waals surface area contributed by atoms with Crippen LogP contribution in [0.4, 0.5) is 0 Å². The lowest BCUT2D eigenvalue weighted by Crippen LogP contribution is -2.47. The summed E-state index contributed by atoms with van der Waals surface area (Å²) in [6.07, 6.45) is 6.09. The van der Waals surface area contributed by atoms with Crippen LogP contribution in [0.1, 0.15) is 24.8 Å². The number of rotatable bonds is 8. The Morgan fingerprint density at radius 2 is 2.12 bits per heavy atom. The van der Waals surface area contributed by atoms with Gasteiger partial charge in [-0.05, 0) is 37.3 Å². The van der Waals surface area contributed by atoms with Crippen molar-refractivity contribution in [2.24, 2.45) is 4.99 Å². The van der Waals surface area contributed by atoms with E-state index in [4.69, 9.17) is 21.1 Å². The smallest absolute Gasteiger partial charge is 0.193 e. The van der Waals surface area contributed by atoms with Gasteiger partial charge in [0.1, 0.15) is 5.15 Å². The van der Waals surface area contributed by atoms with Gasteiger partial charge in [-0.15, -0.1) is 24.0 Å². The van der Waals surface area contributed by atoms with Gasteiger partial charge in [-0.25, -0.2) is 4.98 Å². The molecule has 1 saturated heterocycles. The molecule has 1 aromatic heterocycles. The third-order valence-corrected chi connectivity index (χ3v) is 4.51. The molecule has 0 bridgehead atoms. The number of guanidine groups is 1. The highest BCUT2D eigenvalue weighted by atomic mass is 127. The number of likely N-dealkylation sites (tertiary alicyclic amines) is 1. The van der Waals surface area contributed by atoms with Crippen LogP contribution in [0.3, 0.4) is 0 Å². The van der Waals surface area contributed by atoms with Crippen LogP contribution in [0.15, 0.2) is 23.3 Å². The van der Waals surface area contributed by atoms with E-state index < -0.39 is 0 Å². The molecule has 0 aromatic carbocycles. The molecule has 1 aliphatic rings. The number of methoxy groups -OCH3 is 1. The van der Waals surface area contributed by atoms with E-state index in [0.29, 0.717) is 11.3 Å². The molecule has 0 amide bonds. The molecule has 2 heterocycles. The lowest BCUT2D eigenvalue weighted by Gasteiger charge is -2.34. The first kappa shape index (κ1) is 23.4. The van der Waals surface area contributed by atoms with Gasteiger partial charge in [0.05, 0.1) is 6.10 Å². The van der Waals surface area contributed by atoms with Crippen LogP contribution in [0, 0.1) is 0 Å². The summed E-state index contributed by atoms with van der Waals surface area (Å²) in [7, 11) is 3.56. The van der Waals surface area contributed by atoms with Crippen LogP contribution in [0.5, 0.6) is 0 Å². The fourth-order valence-electron chi connectivity index (χ4n) is 2.89. The van der Waals surface area contributed by atoms with Crippen molar-refractivity contribution in [3.8, 4) is 0 Å². The molecule has 1 N–H and O–H groups in total. The second-order valence-corrected chi connectivity index (χ2v) is 6.50. The number of nitrogens with zero attached hydrogens (tertiary/aromatic N) is 3. The monoisotopic (exact) mass is 496 g/mol. The highest BCUT2D eigenvalue weighted by molar-refractivity contribution is 14.0. The Morgan fingerprint density at radius 3 is 2.73 bits per heavy atom. The molecule has 0 atom stereocenters. The lowest BCUT2D eigenvalue weighted by atomic mass is 10.1. The minimum absolute atomic E-state index is 0. The average Bonchev–Trinajstić information content (AvgIpc) is 2.65. The first-order valence-corrected chi connectivity index (χ1v) is 9.27.